The summed E-state index contributed by atoms with van der Waals surface area (Å²) < 4.78 is 0.895. The van der Waals surface area contributed by atoms with Gasteiger partial charge in [0.25, 0.3) is 11.8 Å². The fourth-order valence-electron chi connectivity index (χ4n) is 3.66. The number of carbonyl (C=O) groups excluding carboxylic acids is 4. The van der Waals surface area contributed by atoms with Crippen molar-refractivity contribution in [2.75, 3.05) is 4.90 Å². The van der Waals surface area contributed by atoms with Crippen molar-refractivity contribution in [2.45, 2.75) is 44.8 Å². The molecule has 2 atom stereocenters. The molecule has 10 heteroatoms. The van der Waals surface area contributed by atoms with Crippen molar-refractivity contribution in [1.29, 1.82) is 0 Å². The van der Waals surface area contributed by atoms with Crippen molar-refractivity contribution in [3.8, 4) is 0 Å². The lowest BCUT2D eigenvalue weighted by Crippen LogP contribution is -2.46. The lowest BCUT2D eigenvalue weighted by Gasteiger charge is -2.22. The molecule has 174 valence electrons. The fraction of sp³-hybridized carbons (Fsp3) is 0.304. The normalized spacial score (nSPS) is 16.6. The minimum Gasteiger partial charge on any atom is -0.344 e. The zero-order valence-corrected chi connectivity index (χ0v) is 19.6. The fourth-order valence-corrected chi connectivity index (χ4v) is 3.93. The Kier molecular flexibility index (Phi) is 8.18. The van der Waals surface area contributed by atoms with E-state index in [0.29, 0.717) is 5.69 Å². The molecule has 3 rings (SSSR count). The number of para-hydroxylation sites is 1. The third-order valence-corrected chi connectivity index (χ3v) is 5.94. The summed E-state index contributed by atoms with van der Waals surface area (Å²) in [4.78, 5) is 53.1. The number of rotatable bonds is 9. The van der Waals surface area contributed by atoms with Gasteiger partial charge in [0.1, 0.15) is 12.1 Å². The monoisotopic (exact) mass is 516 g/mol. The maximum atomic E-state index is 13.2. The van der Waals surface area contributed by atoms with Crippen LogP contribution in [0.1, 0.15) is 31.7 Å². The number of nitrogens with zero attached hydrogens (tertiary/aromatic N) is 2. The van der Waals surface area contributed by atoms with Crippen molar-refractivity contribution >= 4 is 45.4 Å². The number of hydrogen-bond acceptors (Lipinski definition) is 5. The average molecular weight is 517 g/mol. The Morgan fingerprint density at radius 1 is 1.09 bits per heavy atom. The molecule has 0 radical (unpaired) electrons. The molecule has 3 N–H and O–H groups in total. The minimum atomic E-state index is -0.886. The molecule has 0 spiro atoms. The van der Waals surface area contributed by atoms with Gasteiger partial charge < -0.3 is 10.2 Å². The molecular formula is C23H25BrN4O5. The molecule has 0 aromatic heterocycles. The van der Waals surface area contributed by atoms with Crippen LogP contribution in [0, 0.1) is 0 Å². The third-order valence-electron chi connectivity index (χ3n) is 5.41. The second-order valence-corrected chi connectivity index (χ2v) is 8.52. The lowest BCUT2D eigenvalue weighted by molar-refractivity contribution is -0.135. The standard InChI is InChI=1S/C23H25BrN4O5/c1-2-18(21(30)26-33)25-20(29)13-12-19-22(31)28(17-6-4-3-5-7-17)23(32)27(19)14-15-8-10-16(24)11-9-15/h3-11,18-19,33H,2,12-14H2,1H3,(H,25,29)(H,26,30). The van der Waals surface area contributed by atoms with Gasteiger partial charge in [0, 0.05) is 17.4 Å². The average Bonchev–Trinajstić information content (AvgIpc) is 3.06. The maximum absolute atomic E-state index is 13.2. The Balaban J connectivity index is 1.78. The van der Waals surface area contributed by atoms with E-state index >= 15 is 0 Å². The SMILES string of the molecule is CCC(NC(=O)CCC1C(=O)N(c2ccccc2)C(=O)N1Cc1ccc(Br)cc1)C(=O)NO. The molecule has 0 aliphatic carbocycles. The Morgan fingerprint density at radius 3 is 2.36 bits per heavy atom. The van der Waals surface area contributed by atoms with Crippen molar-refractivity contribution in [3.05, 3.63) is 64.6 Å². The summed E-state index contributed by atoms with van der Waals surface area (Å²) in [6.45, 7) is 1.90. The first-order valence-electron chi connectivity index (χ1n) is 10.5. The number of hydroxylamine groups is 1. The number of nitrogens with one attached hydrogen (secondary N) is 2. The van der Waals surface area contributed by atoms with E-state index in [2.05, 4.69) is 21.2 Å². The van der Waals surface area contributed by atoms with Crippen LogP contribution in [0.2, 0.25) is 0 Å². The molecular weight excluding hydrogens is 492 g/mol. The smallest absolute Gasteiger partial charge is 0.332 e. The number of carbonyl (C=O) groups is 4. The quantitative estimate of drug-likeness (QED) is 0.269. The topological polar surface area (TPSA) is 119 Å². The van der Waals surface area contributed by atoms with E-state index in [1.165, 1.54) is 10.4 Å². The Labute approximate surface area is 199 Å². The van der Waals surface area contributed by atoms with Crippen molar-refractivity contribution in [3.63, 3.8) is 0 Å². The van der Waals surface area contributed by atoms with Gasteiger partial charge in [-0.05, 0) is 42.7 Å². The van der Waals surface area contributed by atoms with Gasteiger partial charge in [-0.3, -0.25) is 19.6 Å². The molecule has 5 amide bonds. The lowest BCUT2D eigenvalue weighted by atomic mass is 10.1. The third kappa shape index (κ3) is 5.77. The summed E-state index contributed by atoms with van der Waals surface area (Å²) in [7, 11) is 0. The van der Waals surface area contributed by atoms with Crippen molar-refractivity contribution in [1.82, 2.24) is 15.7 Å². The van der Waals surface area contributed by atoms with E-state index in [-0.39, 0.29) is 25.8 Å². The highest BCUT2D eigenvalue weighted by molar-refractivity contribution is 9.10. The van der Waals surface area contributed by atoms with Crippen LogP contribution in [0.25, 0.3) is 0 Å². The summed E-state index contributed by atoms with van der Waals surface area (Å²) >= 11 is 3.38. The van der Waals surface area contributed by atoms with E-state index < -0.39 is 35.8 Å². The zero-order valence-electron chi connectivity index (χ0n) is 18.0. The molecule has 0 bridgehead atoms. The summed E-state index contributed by atoms with van der Waals surface area (Å²) in [5, 5.41) is 11.3. The minimum absolute atomic E-state index is 0.0711. The van der Waals surface area contributed by atoms with E-state index in [9.17, 15) is 19.2 Å². The Hall–Kier alpha value is -3.24. The molecule has 2 unspecified atom stereocenters. The van der Waals surface area contributed by atoms with Gasteiger partial charge in [-0.25, -0.2) is 15.2 Å². The van der Waals surface area contributed by atoms with Gasteiger partial charge in [0.2, 0.25) is 5.91 Å². The zero-order chi connectivity index (χ0) is 24.0. The van der Waals surface area contributed by atoms with Crippen LogP contribution in [0.15, 0.2) is 59.1 Å². The van der Waals surface area contributed by atoms with Crippen molar-refractivity contribution < 1.29 is 24.4 Å². The highest BCUT2D eigenvalue weighted by Gasteiger charge is 2.45. The predicted molar refractivity (Wildman–Crippen MR) is 124 cm³/mol. The molecule has 1 aliphatic rings. The molecule has 0 saturated carbocycles. The first-order chi connectivity index (χ1) is 15.8. The second kappa shape index (κ2) is 11.1. The highest BCUT2D eigenvalue weighted by Crippen LogP contribution is 2.29. The van der Waals surface area contributed by atoms with Gasteiger partial charge in [-0.1, -0.05) is 53.2 Å². The van der Waals surface area contributed by atoms with Gasteiger partial charge in [-0.15, -0.1) is 0 Å². The largest absolute Gasteiger partial charge is 0.344 e. The number of hydrogen-bond donors (Lipinski definition) is 3. The molecule has 9 nitrogen and oxygen atoms in total. The van der Waals surface area contributed by atoms with Crippen LogP contribution >= 0.6 is 15.9 Å². The van der Waals surface area contributed by atoms with E-state index in [4.69, 9.17) is 5.21 Å². The number of amides is 5. The molecule has 2 aromatic carbocycles. The molecule has 1 fully saturated rings. The Bertz CT molecular complexity index is 1020. The molecule has 1 heterocycles. The van der Waals surface area contributed by atoms with Crippen LogP contribution in [0.5, 0.6) is 0 Å². The highest BCUT2D eigenvalue weighted by atomic mass is 79.9. The summed E-state index contributed by atoms with van der Waals surface area (Å²) in [5.74, 6) is -1.58. The first kappa shape index (κ1) is 24.4. The molecule has 1 saturated heterocycles. The van der Waals surface area contributed by atoms with Gasteiger partial charge in [0.15, 0.2) is 0 Å². The number of imide groups is 1. The summed E-state index contributed by atoms with van der Waals surface area (Å²) in [6.07, 6.45) is 0.308. The van der Waals surface area contributed by atoms with Gasteiger partial charge in [0.05, 0.1) is 5.69 Å². The number of anilines is 1. The maximum Gasteiger partial charge on any atom is 0.332 e. The predicted octanol–water partition coefficient (Wildman–Crippen LogP) is 2.97. The van der Waals surface area contributed by atoms with E-state index in [0.717, 1.165) is 14.9 Å². The number of halogens is 1. The van der Waals surface area contributed by atoms with Crippen LogP contribution in [0.4, 0.5) is 10.5 Å². The van der Waals surface area contributed by atoms with Crippen LogP contribution in [-0.4, -0.2) is 45.9 Å². The van der Waals surface area contributed by atoms with E-state index in [1.807, 2.05) is 24.3 Å². The molecule has 2 aromatic rings. The van der Waals surface area contributed by atoms with Gasteiger partial charge >= 0.3 is 6.03 Å². The number of urea groups is 1. The Morgan fingerprint density at radius 2 is 1.76 bits per heavy atom. The summed E-state index contributed by atoms with van der Waals surface area (Å²) in [5.41, 5.74) is 2.83. The van der Waals surface area contributed by atoms with E-state index in [1.54, 1.807) is 37.3 Å². The first-order valence-corrected chi connectivity index (χ1v) is 11.3. The second-order valence-electron chi connectivity index (χ2n) is 7.61. The summed E-state index contributed by atoms with van der Waals surface area (Å²) in [6, 6.07) is 13.9. The molecule has 33 heavy (non-hydrogen) atoms. The van der Waals surface area contributed by atoms with Gasteiger partial charge in [-0.2, -0.15) is 0 Å². The molecule has 1 aliphatic heterocycles. The van der Waals surface area contributed by atoms with Crippen LogP contribution in [-0.2, 0) is 20.9 Å². The van der Waals surface area contributed by atoms with Crippen LogP contribution < -0.4 is 15.7 Å². The van der Waals surface area contributed by atoms with Crippen LogP contribution in [0.3, 0.4) is 0 Å². The number of benzene rings is 2. The van der Waals surface area contributed by atoms with Crippen molar-refractivity contribution in [2.24, 2.45) is 0 Å².